The highest BCUT2D eigenvalue weighted by Gasteiger charge is 2.21. The van der Waals surface area contributed by atoms with Gasteiger partial charge in [0.25, 0.3) is 5.91 Å². The zero-order chi connectivity index (χ0) is 10.0. The number of amides is 1. The van der Waals surface area contributed by atoms with Crippen molar-refractivity contribution in [2.75, 3.05) is 0 Å². The van der Waals surface area contributed by atoms with Crippen molar-refractivity contribution in [2.24, 2.45) is 0 Å². The molecule has 1 rings (SSSR count). The van der Waals surface area contributed by atoms with Crippen molar-refractivity contribution in [2.45, 2.75) is 6.92 Å². The molecular weight excluding hydrogens is 170 g/mol. The standard InChI is InChI=1S/C9H9NO3/c1-3-6-5(2)9(13)10-7(6)4-8(11)12/h3-4H,1H2,2H3,(H,10,13)(H,11,12)/b7-4+. The minimum absolute atomic E-state index is 0.276. The number of rotatable bonds is 2. The lowest BCUT2D eigenvalue weighted by atomic mass is 10.1. The highest BCUT2D eigenvalue weighted by Crippen LogP contribution is 2.20. The Hall–Kier alpha value is -1.84. The molecule has 0 spiro atoms. The van der Waals surface area contributed by atoms with E-state index in [-0.39, 0.29) is 5.91 Å². The Morgan fingerprint density at radius 2 is 2.23 bits per heavy atom. The van der Waals surface area contributed by atoms with Gasteiger partial charge in [0.05, 0.1) is 5.70 Å². The number of aliphatic carboxylic acids is 1. The normalized spacial score (nSPS) is 19.2. The maximum Gasteiger partial charge on any atom is 0.330 e. The summed E-state index contributed by atoms with van der Waals surface area (Å²) >= 11 is 0. The minimum Gasteiger partial charge on any atom is -0.478 e. The van der Waals surface area contributed by atoms with Crippen molar-refractivity contribution in [3.8, 4) is 0 Å². The molecule has 0 aromatic rings. The van der Waals surface area contributed by atoms with Crippen molar-refractivity contribution in [3.63, 3.8) is 0 Å². The molecule has 1 aliphatic heterocycles. The largest absolute Gasteiger partial charge is 0.478 e. The average molecular weight is 179 g/mol. The summed E-state index contributed by atoms with van der Waals surface area (Å²) in [6.45, 7) is 5.12. The van der Waals surface area contributed by atoms with Crippen LogP contribution in [0, 0.1) is 0 Å². The first-order valence-corrected chi connectivity index (χ1v) is 3.66. The van der Waals surface area contributed by atoms with Gasteiger partial charge in [0.1, 0.15) is 0 Å². The van der Waals surface area contributed by atoms with Crippen LogP contribution >= 0.6 is 0 Å². The van der Waals surface area contributed by atoms with Crippen LogP contribution in [0.2, 0.25) is 0 Å². The summed E-state index contributed by atoms with van der Waals surface area (Å²) in [6, 6.07) is 0. The fraction of sp³-hybridized carbons (Fsp3) is 0.111. The molecule has 0 fully saturated rings. The lowest BCUT2D eigenvalue weighted by Gasteiger charge is -1.97. The van der Waals surface area contributed by atoms with Gasteiger partial charge in [-0.25, -0.2) is 4.79 Å². The van der Waals surface area contributed by atoms with E-state index in [4.69, 9.17) is 5.11 Å². The molecular formula is C9H9NO3. The van der Waals surface area contributed by atoms with Crippen LogP contribution < -0.4 is 5.32 Å². The zero-order valence-corrected chi connectivity index (χ0v) is 7.13. The second kappa shape index (κ2) is 3.26. The third kappa shape index (κ3) is 1.66. The van der Waals surface area contributed by atoms with E-state index in [0.29, 0.717) is 16.8 Å². The fourth-order valence-electron chi connectivity index (χ4n) is 1.11. The molecule has 1 amide bonds. The Balaban J connectivity index is 3.13. The van der Waals surface area contributed by atoms with Crippen molar-refractivity contribution in [1.29, 1.82) is 0 Å². The van der Waals surface area contributed by atoms with E-state index in [9.17, 15) is 9.59 Å². The SMILES string of the molecule is C=CC1=C(C)C(=O)N/C1=C/C(=O)O. The van der Waals surface area contributed by atoms with Crippen LogP contribution in [-0.4, -0.2) is 17.0 Å². The average Bonchev–Trinajstić information content (AvgIpc) is 2.27. The molecule has 0 radical (unpaired) electrons. The number of carboxylic acids is 1. The van der Waals surface area contributed by atoms with Crippen LogP contribution in [0.15, 0.2) is 35.6 Å². The van der Waals surface area contributed by atoms with Gasteiger partial charge in [0, 0.05) is 17.2 Å². The predicted octanol–water partition coefficient (Wildman–Crippen LogP) is 0.587. The molecule has 0 saturated heterocycles. The van der Waals surface area contributed by atoms with Gasteiger partial charge < -0.3 is 10.4 Å². The van der Waals surface area contributed by atoms with Gasteiger partial charge in [-0.05, 0) is 6.92 Å². The Morgan fingerprint density at radius 3 is 2.69 bits per heavy atom. The third-order valence-electron chi connectivity index (χ3n) is 1.75. The number of nitrogens with one attached hydrogen (secondary N) is 1. The van der Waals surface area contributed by atoms with Crippen molar-refractivity contribution < 1.29 is 14.7 Å². The molecule has 0 aromatic carbocycles. The van der Waals surface area contributed by atoms with Crippen LogP contribution in [-0.2, 0) is 9.59 Å². The highest BCUT2D eigenvalue weighted by molar-refractivity contribution is 6.01. The molecule has 0 aromatic heterocycles. The Bertz CT molecular complexity index is 350. The number of carbonyl (C=O) groups is 2. The van der Waals surface area contributed by atoms with Gasteiger partial charge in [-0.3, -0.25) is 4.79 Å². The molecule has 0 saturated carbocycles. The van der Waals surface area contributed by atoms with Gasteiger partial charge in [-0.2, -0.15) is 0 Å². The summed E-state index contributed by atoms with van der Waals surface area (Å²) in [7, 11) is 0. The first-order valence-electron chi connectivity index (χ1n) is 3.66. The van der Waals surface area contributed by atoms with Crippen LogP contribution in [0.1, 0.15) is 6.92 Å². The first-order chi connectivity index (χ1) is 6.06. The van der Waals surface area contributed by atoms with Gasteiger partial charge >= 0.3 is 5.97 Å². The molecule has 4 heteroatoms. The topological polar surface area (TPSA) is 66.4 Å². The highest BCUT2D eigenvalue weighted by atomic mass is 16.4. The molecule has 13 heavy (non-hydrogen) atoms. The van der Waals surface area contributed by atoms with Crippen LogP contribution in [0.3, 0.4) is 0 Å². The molecule has 1 heterocycles. The summed E-state index contributed by atoms with van der Waals surface area (Å²) in [5.41, 5.74) is 1.33. The van der Waals surface area contributed by atoms with E-state index in [1.54, 1.807) is 6.92 Å². The molecule has 68 valence electrons. The van der Waals surface area contributed by atoms with Crippen molar-refractivity contribution >= 4 is 11.9 Å². The molecule has 1 aliphatic rings. The molecule has 0 unspecified atom stereocenters. The second-order valence-electron chi connectivity index (χ2n) is 2.59. The van der Waals surface area contributed by atoms with Gasteiger partial charge in [-0.1, -0.05) is 12.7 Å². The van der Waals surface area contributed by atoms with Crippen molar-refractivity contribution in [1.82, 2.24) is 5.32 Å². The van der Waals surface area contributed by atoms with E-state index >= 15 is 0 Å². The smallest absolute Gasteiger partial charge is 0.330 e. The van der Waals surface area contributed by atoms with E-state index in [1.807, 2.05) is 0 Å². The number of hydrogen-bond acceptors (Lipinski definition) is 2. The van der Waals surface area contributed by atoms with Crippen LogP contribution in [0.25, 0.3) is 0 Å². The van der Waals surface area contributed by atoms with E-state index in [0.717, 1.165) is 6.08 Å². The van der Waals surface area contributed by atoms with Crippen LogP contribution in [0.4, 0.5) is 0 Å². The Kier molecular flexibility index (Phi) is 2.32. The zero-order valence-electron chi connectivity index (χ0n) is 7.13. The summed E-state index contributed by atoms with van der Waals surface area (Å²) in [5, 5.41) is 10.9. The van der Waals surface area contributed by atoms with Crippen LogP contribution in [0.5, 0.6) is 0 Å². The Labute approximate surface area is 75.3 Å². The van der Waals surface area contributed by atoms with Crippen molar-refractivity contribution in [3.05, 3.63) is 35.6 Å². The second-order valence-corrected chi connectivity index (χ2v) is 2.59. The first kappa shape index (κ1) is 9.25. The number of carboxylic acid groups (broad SMARTS) is 1. The summed E-state index contributed by atoms with van der Waals surface area (Å²) in [4.78, 5) is 21.4. The predicted molar refractivity (Wildman–Crippen MR) is 46.8 cm³/mol. The fourth-order valence-corrected chi connectivity index (χ4v) is 1.11. The van der Waals surface area contributed by atoms with E-state index < -0.39 is 5.97 Å². The minimum atomic E-state index is -1.09. The maximum absolute atomic E-state index is 11.1. The third-order valence-corrected chi connectivity index (χ3v) is 1.75. The number of allylic oxidation sites excluding steroid dienone is 1. The Morgan fingerprint density at radius 1 is 1.62 bits per heavy atom. The maximum atomic E-state index is 11.1. The van der Waals surface area contributed by atoms with E-state index in [2.05, 4.69) is 11.9 Å². The quantitative estimate of drug-likeness (QED) is 0.609. The summed E-state index contributed by atoms with van der Waals surface area (Å²) < 4.78 is 0. The van der Waals surface area contributed by atoms with Gasteiger partial charge in [-0.15, -0.1) is 0 Å². The molecule has 4 nitrogen and oxygen atoms in total. The number of hydrogen-bond donors (Lipinski definition) is 2. The van der Waals surface area contributed by atoms with Gasteiger partial charge in [0.15, 0.2) is 0 Å². The monoisotopic (exact) mass is 179 g/mol. The summed E-state index contributed by atoms with van der Waals surface area (Å²) in [6.07, 6.45) is 2.41. The van der Waals surface area contributed by atoms with E-state index in [1.165, 1.54) is 6.08 Å². The summed E-state index contributed by atoms with van der Waals surface area (Å²) in [5.74, 6) is -1.37. The van der Waals surface area contributed by atoms with Gasteiger partial charge in [0.2, 0.25) is 0 Å². The number of carbonyl (C=O) groups excluding carboxylic acids is 1. The molecule has 0 aliphatic carbocycles. The molecule has 0 atom stereocenters. The molecule has 0 bridgehead atoms. The lowest BCUT2D eigenvalue weighted by molar-refractivity contribution is -0.131. The molecule has 2 N–H and O–H groups in total. The lowest BCUT2D eigenvalue weighted by Crippen LogP contribution is -2.16.